The zero-order valence-electron chi connectivity index (χ0n) is 13.5. The molecule has 1 saturated carbocycles. The smallest absolute Gasteiger partial charge is 0.273 e. The van der Waals surface area contributed by atoms with Crippen molar-refractivity contribution >= 4 is 17.4 Å². The Morgan fingerprint density at radius 3 is 3.12 bits per heavy atom. The van der Waals surface area contributed by atoms with Gasteiger partial charge >= 0.3 is 0 Å². The van der Waals surface area contributed by atoms with E-state index in [0.717, 1.165) is 43.0 Å². The van der Waals surface area contributed by atoms with Crippen LogP contribution in [0.15, 0.2) is 29.3 Å². The van der Waals surface area contributed by atoms with Crippen LogP contribution in [0.25, 0.3) is 5.65 Å². The Balaban J connectivity index is 1.27. The molecule has 25 heavy (non-hydrogen) atoms. The zero-order chi connectivity index (χ0) is 16.8. The van der Waals surface area contributed by atoms with Gasteiger partial charge in [-0.05, 0) is 19.3 Å². The summed E-state index contributed by atoms with van der Waals surface area (Å²) in [7, 11) is 0. The number of hydrogen-bond acceptors (Lipinski definition) is 7. The van der Waals surface area contributed by atoms with Crippen LogP contribution in [0.1, 0.15) is 41.4 Å². The molecule has 4 heterocycles. The topological polar surface area (TPSA) is 101 Å². The SMILES string of the molecule is O=C(NC1CCN(c2nccn3cnnc23)C1)c1cc(C2CC2)on1. The molecule has 1 atom stereocenters. The normalized spacial score (nSPS) is 20.3. The second kappa shape index (κ2) is 5.54. The van der Waals surface area contributed by atoms with Crippen LogP contribution in [0.5, 0.6) is 0 Å². The fraction of sp³-hybridized carbons (Fsp3) is 0.438. The summed E-state index contributed by atoms with van der Waals surface area (Å²) in [6, 6.07) is 1.80. The minimum Gasteiger partial charge on any atom is -0.360 e. The molecule has 0 bridgehead atoms. The Morgan fingerprint density at radius 1 is 1.32 bits per heavy atom. The summed E-state index contributed by atoms with van der Waals surface area (Å²) in [5.74, 6) is 1.87. The van der Waals surface area contributed by atoms with Crippen LogP contribution in [-0.4, -0.2) is 49.8 Å². The average Bonchev–Trinajstić information content (AvgIpc) is 3.07. The first kappa shape index (κ1) is 14.4. The van der Waals surface area contributed by atoms with E-state index in [0.29, 0.717) is 18.2 Å². The van der Waals surface area contributed by atoms with E-state index >= 15 is 0 Å². The van der Waals surface area contributed by atoms with Gasteiger partial charge in [0.25, 0.3) is 5.91 Å². The summed E-state index contributed by atoms with van der Waals surface area (Å²) in [4.78, 5) is 18.9. The van der Waals surface area contributed by atoms with E-state index in [9.17, 15) is 4.79 Å². The second-order valence-corrected chi connectivity index (χ2v) is 6.61. The number of nitrogens with zero attached hydrogens (tertiary/aromatic N) is 6. The molecule has 2 fully saturated rings. The van der Waals surface area contributed by atoms with E-state index in [2.05, 4.69) is 30.6 Å². The minimum absolute atomic E-state index is 0.0403. The van der Waals surface area contributed by atoms with Gasteiger partial charge in [0.1, 0.15) is 12.1 Å². The molecule has 3 aromatic rings. The number of nitrogens with one attached hydrogen (secondary N) is 1. The summed E-state index contributed by atoms with van der Waals surface area (Å²) in [6.07, 6.45) is 8.28. The number of amides is 1. The highest BCUT2D eigenvalue weighted by atomic mass is 16.5. The fourth-order valence-electron chi connectivity index (χ4n) is 3.25. The standard InChI is InChI=1S/C16H17N7O2/c24-16(12-7-13(25-21-12)10-1-2-10)19-11-3-5-22(8-11)14-15-20-18-9-23(15)6-4-17-14/h4,6-7,9-11H,1-3,5,8H2,(H,19,24). The van der Waals surface area contributed by atoms with E-state index in [1.54, 1.807) is 18.6 Å². The van der Waals surface area contributed by atoms with E-state index in [4.69, 9.17) is 4.52 Å². The maximum absolute atomic E-state index is 12.4. The Kier molecular flexibility index (Phi) is 3.19. The largest absolute Gasteiger partial charge is 0.360 e. The molecule has 0 aromatic carbocycles. The third kappa shape index (κ3) is 2.61. The number of fused-ring (bicyclic) bond motifs is 1. The Hall–Kier alpha value is -2.97. The average molecular weight is 339 g/mol. The molecular weight excluding hydrogens is 322 g/mol. The molecule has 1 N–H and O–H groups in total. The van der Waals surface area contributed by atoms with Gasteiger partial charge < -0.3 is 14.7 Å². The number of anilines is 1. The first-order chi connectivity index (χ1) is 12.3. The van der Waals surface area contributed by atoms with E-state index < -0.39 is 0 Å². The lowest BCUT2D eigenvalue weighted by atomic mass is 10.2. The molecule has 1 saturated heterocycles. The molecule has 1 unspecified atom stereocenters. The van der Waals surface area contributed by atoms with Crippen LogP contribution in [-0.2, 0) is 0 Å². The predicted molar refractivity (Wildman–Crippen MR) is 87.3 cm³/mol. The van der Waals surface area contributed by atoms with Gasteiger partial charge in [0.05, 0.1) is 0 Å². The van der Waals surface area contributed by atoms with Crippen LogP contribution in [0.4, 0.5) is 5.82 Å². The molecule has 0 radical (unpaired) electrons. The third-order valence-corrected chi connectivity index (χ3v) is 4.76. The van der Waals surface area contributed by atoms with E-state index in [1.165, 1.54) is 0 Å². The molecule has 3 aromatic heterocycles. The number of carbonyl (C=O) groups is 1. The van der Waals surface area contributed by atoms with Gasteiger partial charge in [-0.15, -0.1) is 10.2 Å². The third-order valence-electron chi connectivity index (χ3n) is 4.76. The molecule has 5 rings (SSSR count). The van der Waals surface area contributed by atoms with Crippen molar-refractivity contribution < 1.29 is 9.32 Å². The number of hydrogen-bond donors (Lipinski definition) is 1. The van der Waals surface area contributed by atoms with Gasteiger partial charge in [0.2, 0.25) is 5.65 Å². The van der Waals surface area contributed by atoms with Crippen molar-refractivity contribution in [3.8, 4) is 0 Å². The van der Waals surface area contributed by atoms with Gasteiger partial charge in [0.15, 0.2) is 11.5 Å². The van der Waals surface area contributed by atoms with Crippen molar-refractivity contribution in [2.75, 3.05) is 18.0 Å². The van der Waals surface area contributed by atoms with Crippen LogP contribution < -0.4 is 10.2 Å². The molecular formula is C16H17N7O2. The van der Waals surface area contributed by atoms with Crippen LogP contribution >= 0.6 is 0 Å². The van der Waals surface area contributed by atoms with Gasteiger partial charge in [-0.2, -0.15) is 0 Å². The molecule has 1 aliphatic heterocycles. The lowest BCUT2D eigenvalue weighted by Crippen LogP contribution is -2.37. The monoisotopic (exact) mass is 339 g/mol. The molecule has 1 aliphatic carbocycles. The molecule has 2 aliphatic rings. The van der Waals surface area contributed by atoms with Crippen molar-refractivity contribution in [1.29, 1.82) is 0 Å². The molecule has 1 amide bonds. The molecule has 0 spiro atoms. The molecule has 128 valence electrons. The lowest BCUT2D eigenvalue weighted by Gasteiger charge is -2.17. The van der Waals surface area contributed by atoms with Crippen molar-refractivity contribution in [3.05, 3.63) is 36.2 Å². The van der Waals surface area contributed by atoms with Crippen LogP contribution in [0, 0.1) is 0 Å². The Morgan fingerprint density at radius 2 is 2.24 bits per heavy atom. The first-order valence-electron chi connectivity index (χ1n) is 8.45. The van der Waals surface area contributed by atoms with Crippen molar-refractivity contribution in [1.82, 2.24) is 30.1 Å². The minimum atomic E-state index is -0.184. The van der Waals surface area contributed by atoms with Crippen LogP contribution in [0.3, 0.4) is 0 Å². The Bertz CT molecular complexity index is 929. The number of rotatable bonds is 4. The highest BCUT2D eigenvalue weighted by molar-refractivity contribution is 5.92. The van der Waals surface area contributed by atoms with Gasteiger partial charge in [-0.25, -0.2) is 4.98 Å². The van der Waals surface area contributed by atoms with Gasteiger partial charge in [-0.3, -0.25) is 9.20 Å². The fourth-order valence-corrected chi connectivity index (χ4v) is 3.25. The van der Waals surface area contributed by atoms with Crippen molar-refractivity contribution in [2.24, 2.45) is 0 Å². The molecule has 9 nitrogen and oxygen atoms in total. The quantitative estimate of drug-likeness (QED) is 0.756. The van der Waals surface area contributed by atoms with Crippen molar-refractivity contribution in [3.63, 3.8) is 0 Å². The maximum atomic E-state index is 12.4. The zero-order valence-corrected chi connectivity index (χ0v) is 13.5. The first-order valence-corrected chi connectivity index (χ1v) is 8.45. The van der Waals surface area contributed by atoms with Gasteiger partial charge in [0, 0.05) is 43.5 Å². The summed E-state index contributed by atoms with van der Waals surface area (Å²) < 4.78 is 7.09. The lowest BCUT2D eigenvalue weighted by molar-refractivity contribution is 0.0931. The summed E-state index contributed by atoms with van der Waals surface area (Å²) in [5.41, 5.74) is 1.08. The van der Waals surface area contributed by atoms with Gasteiger partial charge in [-0.1, -0.05) is 5.16 Å². The predicted octanol–water partition coefficient (Wildman–Crippen LogP) is 0.998. The van der Waals surface area contributed by atoms with Crippen molar-refractivity contribution in [2.45, 2.75) is 31.2 Å². The summed E-state index contributed by atoms with van der Waals surface area (Å²) >= 11 is 0. The highest BCUT2D eigenvalue weighted by Gasteiger charge is 2.30. The number of carbonyl (C=O) groups excluding carboxylic acids is 1. The maximum Gasteiger partial charge on any atom is 0.273 e. The van der Waals surface area contributed by atoms with E-state index in [1.807, 2.05) is 10.6 Å². The summed E-state index contributed by atoms with van der Waals surface area (Å²) in [5, 5.41) is 15.0. The number of aromatic nitrogens is 5. The highest BCUT2D eigenvalue weighted by Crippen LogP contribution is 2.40. The van der Waals surface area contributed by atoms with E-state index in [-0.39, 0.29) is 11.9 Å². The summed E-state index contributed by atoms with van der Waals surface area (Å²) in [6.45, 7) is 1.48. The Labute approximate surface area is 143 Å². The van der Waals surface area contributed by atoms with Crippen LogP contribution in [0.2, 0.25) is 0 Å². The molecule has 9 heteroatoms. The second-order valence-electron chi connectivity index (χ2n) is 6.61.